The fourth-order valence-electron chi connectivity index (χ4n) is 3.85. The second kappa shape index (κ2) is 8.83. The number of hydrogen-bond donors (Lipinski definition) is 1. The molecule has 1 aliphatic carbocycles. The van der Waals surface area contributed by atoms with Crippen molar-refractivity contribution in [1.82, 2.24) is 9.21 Å². The number of sulfonamides is 1. The van der Waals surface area contributed by atoms with E-state index in [0.717, 1.165) is 12.8 Å². The van der Waals surface area contributed by atoms with Crippen LogP contribution in [0.15, 0.2) is 23.1 Å². The molecule has 1 N–H and O–H groups in total. The van der Waals surface area contributed by atoms with Gasteiger partial charge in [0.2, 0.25) is 21.8 Å². The van der Waals surface area contributed by atoms with Crippen molar-refractivity contribution in [2.24, 2.45) is 11.8 Å². The van der Waals surface area contributed by atoms with Gasteiger partial charge in [0.05, 0.1) is 4.90 Å². The molecule has 1 heterocycles. The molecule has 8 heteroatoms. The molecule has 2 fully saturated rings. The zero-order valence-corrected chi connectivity index (χ0v) is 18.3. The first kappa shape index (κ1) is 21.8. The van der Waals surface area contributed by atoms with E-state index in [1.54, 1.807) is 25.1 Å². The van der Waals surface area contributed by atoms with E-state index in [9.17, 15) is 18.0 Å². The number of aryl methyl sites for hydroxylation is 1. The summed E-state index contributed by atoms with van der Waals surface area (Å²) in [6.07, 6.45) is 3.26. The minimum atomic E-state index is -3.60. The van der Waals surface area contributed by atoms with Gasteiger partial charge in [-0.2, -0.15) is 4.31 Å². The molecule has 0 spiro atoms. The molecule has 160 valence electrons. The Morgan fingerprint density at radius 1 is 1.07 bits per heavy atom. The molecule has 0 unspecified atom stereocenters. The molecule has 29 heavy (non-hydrogen) atoms. The van der Waals surface area contributed by atoms with Crippen molar-refractivity contribution in [3.05, 3.63) is 23.8 Å². The van der Waals surface area contributed by atoms with Crippen LogP contribution in [0.5, 0.6) is 0 Å². The Kier molecular flexibility index (Phi) is 6.63. The van der Waals surface area contributed by atoms with Crippen LogP contribution < -0.4 is 5.32 Å². The smallest absolute Gasteiger partial charge is 0.243 e. The Hall–Kier alpha value is -1.93. The summed E-state index contributed by atoms with van der Waals surface area (Å²) < 4.78 is 27.2. The zero-order valence-electron chi connectivity index (χ0n) is 17.5. The number of piperidine rings is 1. The number of nitrogens with one attached hydrogen (secondary N) is 1. The summed E-state index contributed by atoms with van der Waals surface area (Å²) in [4.78, 5) is 27.0. The standard InChI is InChI=1S/C21H31N3O4S/c1-4-24(5-2)29(27,28)19-14-18(9-6-15(19)3)22-20(25)16-10-12-23(13-11-16)21(26)17-7-8-17/h6,9,14,16-17H,4-5,7-8,10-13H2,1-3H3,(H,22,25). The fourth-order valence-corrected chi connectivity index (χ4v) is 5.56. The Labute approximate surface area is 173 Å². The van der Waals surface area contributed by atoms with Crippen molar-refractivity contribution in [2.75, 3.05) is 31.5 Å². The highest BCUT2D eigenvalue weighted by Crippen LogP contribution is 2.32. The van der Waals surface area contributed by atoms with Crippen LogP contribution in [0.3, 0.4) is 0 Å². The number of anilines is 1. The van der Waals surface area contributed by atoms with Crippen LogP contribution in [0, 0.1) is 18.8 Å². The van der Waals surface area contributed by atoms with Gasteiger partial charge < -0.3 is 10.2 Å². The van der Waals surface area contributed by atoms with Crippen LogP contribution in [0.25, 0.3) is 0 Å². The second-order valence-corrected chi connectivity index (χ2v) is 9.84. The van der Waals surface area contributed by atoms with Crippen LogP contribution in [-0.2, 0) is 19.6 Å². The van der Waals surface area contributed by atoms with Crippen LogP contribution in [0.2, 0.25) is 0 Å². The maximum atomic E-state index is 12.9. The highest BCUT2D eigenvalue weighted by Gasteiger charge is 2.36. The Bertz CT molecular complexity index is 868. The summed E-state index contributed by atoms with van der Waals surface area (Å²) in [6, 6.07) is 5.01. The largest absolute Gasteiger partial charge is 0.342 e. The number of carbonyl (C=O) groups is 2. The third-order valence-corrected chi connectivity index (χ3v) is 8.07. The number of rotatable bonds is 7. The summed E-state index contributed by atoms with van der Waals surface area (Å²) in [6.45, 7) is 7.39. The molecule has 3 rings (SSSR count). The SMILES string of the molecule is CCN(CC)S(=O)(=O)c1cc(NC(=O)C2CCN(C(=O)C3CC3)CC2)ccc1C. The van der Waals surface area contributed by atoms with Crippen LogP contribution in [0.4, 0.5) is 5.69 Å². The molecule has 1 saturated heterocycles. The van der Waals surface area contributed by atoms with Crippen molar-refractivity contribution in [3.63, 3.8) is 0 Å². The lowest BCUT2D eigenvalue weighted by molar-refractivity contribution is -0.135. The predicted octanol–water partition coefficient (Wildman–Crippen LogP) is 2.61. The highest BCUT2D eigenvalue weighted by atomic mass is 32.2. The van der Waals surface area contributed by atoms with Crippen molar-refractivity contribution in [2.45, 2.75) is 51.3 Å². The van der Waals surface area contributed by atoms with Crippen molar-refractivity contribution in [1.29, 1.82) is 0 Å². The molecular weight excluding hydrogens is 390 g/mol. The summed E-state index contributed by atoms with van der Waals surface area (Å²) in [5.74, 6) is 0.161. The summed E-state index contributed by atoms with van der Waals surface area (Å²) in [7, 11) is -3.60. The third-order valence-electron chi connectivity index (χ3n) is 5.88. The van der Waals surface area contributed by atoms with Gasteiger partial charge in [-0.1, -0.05) is 19.9 Å². The van der Waals surface area contributed by atoms with Crippen LogP contribution >= 0.6 is 0 Å². The van der Waals surface area contributed by atoms with Gasteiger partial charge in [0, 0.05) is 43.7 Å². The number of nitrogens with zero attached hydrogens (tertiary/aromatic N) is 2. The van der Waals surface area contributed by atoms with Gasteiger partial charge in [-0.05, 0) is 50.3 Å². The topological polar surface area (TPSA) is 86.8 Å². The normalized spacial score (nSPS) is 18.1. The Morgan fingerprint density at radius 3 is 2.24 bits per heavy atom. The molecule has 0 aromatic heterocycles. The number of carbonyl (C=O) groups excluding carboxylic acids is 2. The van der Waals surface area contributed by atoms with E-state index in [0.29, 0.717) is 50.3 Å². The molecule has 1 aromatic carbocycles. The van der Waals surface area contributed by atoms with E-state index < -0.39 is 10.0 Å². The first-order chi connectivity index (χ1) is 13.8. The fraction of sp³-hybridized carbons (Fsp3) is 0.619. The number of amides is 2. The number of likely N-dealkylation sites (tertiary alicyclic amines) is 1. The molecule has 1 saturated carbocycles. The lowest BCUT2D eigenvalue weighted by Crippen LogP contribution is -2.42. The van der Waals surface area contributed by atoms with Gasteiger partial charge in [0.1, 0.15) is 0 Å². The highest BCUT2D eigenvalue weighted by molar-refractivity contribution is 7.89. The van der Waals surface area contributed by atoms with E-state index >= 15 is 0 Å². The van der Waals surface area contributed by atoms with Crippen molar-refractivity contribution in [3.8, 4) is 0 Å². The molecular formula is C21H31N3O4S. The first-order valence-corrected chi connectivity index (χ1v) is 11.9. The van der Waals surface area contributed by atoms with Gasteiger partial charge >= 0.3 is 0 Å². The second-order valence-electron chi connectivity index (χ2n) is 7.93. The third kappa shape index (κ3) is 4.80. The predicted molar refractivity (Wildman–Crippen MR) is 112 cm³/mol. The number of hydrogen-bond acceptors (Lipinski definition) is 4. The molecule has 2 aliphatic rings. The van der Waals surface area contributed by atoms with Gasteiger partial charge in [0.25, 0.3) is 0 Å². The lowest BCUT2D eigenvalue weighted by atomic mass is 9.95. The molecule has 2 amide bonds. The number of benzene rings is 1. The molecule has 1 aliphatic heterocycles. The zero-order chi connectivity index (χ0) is 21.2. The van der Waals surface area contributed by atoms with Crippen molar-refractivity contribution < 1.29 is 18.0 Å². The summed E-state index contributed by atoms with van der Waals surface area (Å²) in [5.41, 5.74) is 1.14. The molecule has 0 atom stereocenters. The average Bonchev–Trinajstić information content (AvgIpc) is 3.55. The van der Waals surface area contributed by atoms with E-state index in [-0.39, 0.29) is 28.5 Å². The maximum absolute atomic E-state index is 12.9. The maximum Gasteiger partial charge on any atom is 0.243 e. The van der Waals surface area contributed by atoms with E-state index in [4.69, 9.17) is 0 Å². The molecule has 0 bridgehead atoms. The average molecular weight is 422 g/mol. The van der Waals surface area contributed by atoms with Gasteiger partial charge in [-0.15, -0.1) is 0 Å². The van der Waals surface area contributed by atoms with E-state index in [1.165, 1.54) is 4.31 Å². The van der Waals surface area contributed by atoms with Gasteiger partial charge in [-0.25, -0.2) is 8.42 Å². The summed E-state index contributed by atoms with van der Waals surface area (Å²) >= 11 is 0. The molecule has 0 radical (unpaired) electrons. The van der Waals surface area contributed by atoms with Gasteiger partial charge in [-0.3, -0.25) is 9.59 Å². The lowest BCUT2D eigenvalue weighted by Gasteiger charge is -2.31. The quantitative estimate of drug-likeness (QED) is 0.733. The van der Waals surface area contributed by atoms with Crippen LogP contribution in [-0.4, -0.2) is 55.6 Å². The van der Waals surface area contributed by atoms with Crippen LogP contribution in [0.1, 0.15) is 45.1 Å². The monoisotopic (exact) mass is 421 g/mol. The van der Waals surface area contributed by atoms with E-state index in [2.05, 4.69) is 5.32 Å². The summed E-state index contributed by atoms with van der Waals surface area (Å²) in [5, 5.41) is 2.88. The van der Waals surface area contributed by atoms with E-state index in [1.807, 2.05) is 18.7 Å². The van der Waals surface area contributed by atoms with Crippen molar-refractivity contribution >= 4 is 27.5 Å². The van der Waals surface area contributed by atoms with Gasteiger partial charge in [0.15, 0.2) is 0 Å². The minimum absolute atomic E-state index is 0.112. The minimum Gasteiger partial charge on any atom is -0.342 e. The Morgan fingerprint density at radius 2 is 1.69 bits per heavy atom. The molecule has 1 aromatic rings. The first-order valence-electron chi connectivity index (χ1n) is 10.5. The Balaban J connectivity index is 1.66. The molecule has 7 nitrogen and oxygen atoms in total.